The molecule has 1 aliphatic carbocycles. The number of nitrogens with zero attached hydrogens (tertiary/aromatic N) is 2. The monoisotopic (exact) mass is 212 g/mol. The number of H-pyrrole nitrogens is 1. The molecule has 2 rings (SSSR count). The first-order valence-electron chi connectivity index (χ1n) is 5.09. The summed E-state index contributed by atoms with van der Waals surface area (Å²) in [5.41, 5.74) is 5.87. The topological polar surface area (TPSA) is 67.6 Å². The maximum Gasteiger partial charge on any atom is 0.183 e. The zero-order valence-corrected chi connectivity index (χ0v) is 9.02. The van der Waals surface area contributed by atoms with Crippen LogP contribution in [-0.2, 0) is 0 Å². The van der Waals surface area contributed by atoms with Crippen molar-refractivity contribution in [3.05, 3.63) is 6.33 Å². The van der Waals surface area contributed by atoms with Gasteiger partial charge in [0.2, 0.25) is 0 Å². The van der Waals surface area contributed by atoms with Gasteiger partial charge in [-0.05, 0) is 12.8 Å². The highest BCUT2D eigenvalue weighted by molar-refractivity contribution is 8.00. The Balaban J connectivity index is 2.04. The number of aromatic nitrogens is 3. The molecule has 5 heteroatoms. The van der Waals surface area contributed by atoms with Crippen molar-refractivity contribution in [3.8, 4) is 0 Å². The minimum atomic E-state index is 0.206. The minimum Gasteiger partial charge on any atom is -0.329 e. The van der Waals surface area contributed by atoms with Gasteiger partial charge in [0, 0.05) is 11.3 Å². The number of aromatic amines is 1. The van der Waals surface area contributed by atoms with E-state index in [1.54, 1.807) is 18.1 Å². The molecule has 0 aliphatic heterocycles. The molecule has 14 heavy (non-hydrogen) atoms. The van der Waals surface area contributed by atoms with Gasteiger partial charge in [-0.25, -0.2) is 4.98 Å². The summed E-state index contributed by atoms with van der Waals surface area (Å²) in [6.45, 7) is 0.734. The Labute approximate surface area is 88.1 Å². The van der Waals surface area contributed by atoms with Crippen LogP contribution in [0, 0.1) is 0 Å². The average Bonchev–Trinajstić information content (AvgIpc) is 2.72. The number of nitrogens with two attached hydrogens (primary N) is 1. The van der Waals surface area contributed by atoms with Crippen LogP contribution in [0.15, 0.2) is 11.5 Å². The molecular weight excluding hydrogens is 196 g/mol. The number of rotatable bonds is 3. The van der Waals surface area contributed by atoms with Crippen LogP contribution in [0.5, 0.6) is 0 Å². The second-order valence-corrected chi connectivity index (χ2v) is 5.30. The summed E-state index contributed by atoms with van der Waals surface area (Å²) in [5.74, 6) is 0. The molecule has 1 aromatic rings. The molecule has 1 heterocycles. The summed E-state index contributed by atoms with van der Waals surface area (Å²) in [4.78, 5) is 4.14. The number of hydrogen-bond acceptors (Lipinski definition) is 4. The lowest BCUT2D eigenvalue weighted by Crippen LogP contribution is -2.36. The van der Waals surface area contributed by atoms with Crippen LogP contribution in [0.3, 0.4) is 0 Å². The Morgan fingerprint density at radius 1 is 1.43 bits per heavy atom. The Kier molecular flexibility index (Phi) is 3.08. The summed E-state index contributed by atoms with van der Waals surface area (Å²) in [6, 6.07) is 0. The van der Waals surface area contributed by atoms with E-state index < -0.39 is 0 Å². The van der Waals surface area contributed by atoms with E-state index in [9.17, 15) is 0 Å². The molecule has 0 amide bonds. The fraction of sp³-hybridized carbons (Fsp3) is 0.778. The van der Waals surface area contributed by atoms with Crippen molar-refractivity contribution < 1.29 is 0 Å². The summed E-state index contributed by atoms with van der Waals surface area (Å²) in [7, 11) is 0. The zero-order chi connectivity index (χ0) is 9.86. The van der Waals surface area contributed by atoms with Gasteiger partial charge in [0.05, 0.1) is 0 Å². The number of hydrogen-bond donors (Lipinski definition) is 2. The summed E-state index contributed by atoms with van der Waals surface area (Å²) >= 11 is 1.76. The van der Waals surface area contributed by atoms with E-state index in [-0.39, 0.29) is 4.75 Å². The lowest BCUT2D eigenvalue weighted by Gasteiger charge is -2.34. The van der Waals surface area contributed by atoms with Crippen LogP contribution >= 0.6 is 11.8 Å². The molecule has 1 saturated carbocycles. The van der Waals surface area contributed by atoms with Gasteiger partial charge in [0.1, 0.15) is 6.33 Å². The first-order chi connectivity index (χ1) is 6.85. The minimum absolute atomic E-state index is 0.206. The Morgan fingerprint density at radius 3 is 2.79 bits per heavy atom. The molecule has 1 aliphatic rings. The second-order valence-electron chi connectivity index (χ2n) is 3.84. The van der Waals surface area contributed by atoms with E-state index in [1.807, 2.05) is 0 Å². The first-order valence-corrected chi connectivity index (χ1v) is 5.91. The van der Waals surface area contributed by atoms with Crippen LogP contribution in [0.4, 0.5) is 0 Å². The molecule has 0 aromatic carbocycles. The fourth-order valence-electron chi connectivity index (χ4n) is 1.99. The van der Waals surface area contributed by atoms with Crippen molar-refractivity contribution in [1.82, 2.24) is 15.2 Å². The van der Waals surface area contributed by atoms with E-state index in [1.165, 1.54) is 32.1 Å². The van der Waals surface area contributed by atoms with Crippen LogP contribution in [0.2, 0.25) is 0 Å². The van der Waals surface area contributed by atoms with E-state index in [4.69, 9.17) is 5.73 Å². The van der Waals surface area contributed by atoms with E-state index in [0.29, 0.717) is 0 Å². The van der Waals surface area contributed by atoms with Crippen molar-refractivity contribution in [3.63, 3.8) is 0 Å². The molecule has 4 nitrogen and oxygen atoms in total. The van der Waals surface area contributed by atoms with Crippen molar-refractivity contribution in [2.75, 3.05) is 6.54 Å². The highest BCUT2D eigenvalue weighted by Gasteiger charge is 2.32. The third kappa shape index (κ3) is 2.09. The fourth-order valence-corrected chi connectivity index (χ4v) is 3.18. The largest absolute Gasteiger partial charge is 0.329 e. The first kappa shape index (κ1) is 9.98. The number of thioether (sulfide) groups is 1. The van der Waals surface area contributed by atoms with Crippen LogP contribution < -0.4 is 5.73 Å². The lowest BCUT2D eigenvalue weighted by atomic mass is 9.88. The highest BCUT2D eigenvalue weighted by atomic mass is 32.2. The van der Waals surface area contributed by atoms with E-state index >= 15 is 0 Å². The number of nitrogens with one attached hydrogen (secondary N) is 1. The van der Waals surface area contributed by atoms with Gasteiger partial charge >= 0.3 is 0 Å². The van der Waals surface area contributed by atoms with Gasteiger partial charge in [-0.1, -0.05) is 31.0 Å². The maximum absolute atomic E-state index is 5.87. The summed E-state index contributed by atoms with van der Waals surface area (Å²) in [5, 5.41) is 7.65. The maximum atomic E-state index is 5.87. The van der Waals surface area contributed by atoms with Gasteiger partial charge in [-0.2, -0.15) is 5.10 Å². The van der Waals surface area contributed by atoms with Crippen LogP contribution in [0.1, 0.15) is 32.1 Å². The molecule has 0 atom stereocenters. The van der Waals surface area contributed by atoms with Crippen molar-refractivity contribution >= 4 is 11.8 Å². The molecule has 0 unspecified atom stereocenters. The van der Waals surface area contributed by atoms with Gasteiger partial charge < -0.3 is 5.73 Å². The van der Waals surface area contributed by atoms with Crippen molar-refractivity contribution in [2.45, 2.75) is 42.0 Å². The lowest BCUT2D eigenvalue weighted by molar-refractivity contribution is 0.403. The van der Waals surface area contributed by atoms with Crippen LogP contribution in [-0.4, -0.2) is 26.5 Å². The highest BCUT2D eigenvalue weighted by Crippen LogP contribution is 2.41. The Morgan fingerprint density at radius 2 is 2.21 bits per heavy atom. The predicted octanol–water partition coefficient (Wildman–Crippen LogP) is 1.56. The molecule has 1 aromatic heterocycles. The van der Waals surface area contributed by atoms with E-state index in [0.717, 1.165) is 11.7 Å². The van der Waals surface area contributed by atoms with Gasteiger partial charge in [-0.3, -0.25) is 5.10 Å². The molecular formula is C9H16N4S. The van der Waals surface area contributed by atoms with Crippen molar-refractivity contribution in [1.29, 1.82) is 0 Å². The third-order valence-electron chi connectivity index (χ3n) is 2.84. The average molecular weight is 212 g/mol. The standard InChI is InChI=1S/C9H16N4S/c10-6-9(4-2-1-3-5-9)14-8-11-7-12-13-8/h7H,1-6,10H2,(H,11,12,13). The molecule has 3 N–H and O–H groups in total. The Bertz CT molecular complexity index is 266. The molecule has 1 fully saturated rings. The molecule has 0 spiro atoms. The normalized spacial score (nSPS) is 20.9. The van der Waals surface area contributed by atoms with Crippen molar-refractivity contribution in [2.24, 2.45) is 5.73 Å². The molecule has 0 bridgehead atoms. The predicted molar refractivity (Wildman–Crippen MR) is 57.1 cm³/mol. The smallest absolute Gasteiger partial charge is 0.183 e. The van der Waals surface area contributed by atoms with Crippen LogP contribution in [0.25, 0.3) is 0 Å². The Hall–Kier alpha value is -0.550. The summed E-state index contributed by atoms with van der Waals surface area (Å²) in [6.07, 6.45) is 7.88. The van der Waals surface area contributed by atoms with Gasteiger partial charge in [0.25, 0.3) is 0 Å². The molecule has 0 saturated heterocycles. The molecule has 0 radical (unpaired) electrons. The molecule has 78 valence electrons. The SMILES string of the molecule is NCC1(Sc2ncn[nH]2)CCCCC1. The van der Waals surface area contributed by atoms with E-state index in [2.05, 4.69) is 15.2 Å². The zero-order valence-electron chi connectivity index (χ0n) is 8.20. The quantitative estimate of drug-likeness (QED) is 0.798. The third-order valence-corrected chi connectivity index (χ3v) is 4.24. The summed E-state index contributed by atoms with van der Waals surface area (Å²) < 4.78 is 0.206. The van der Waals surface area contributed by atoms with Gasteiger partial charge in [0.15, 0.2) is 5.16 Å². The second kappa shape index (κ2) is 4.31. The van der Waals surface area contributed by atoms with Gasteiger partial charge in [-0.15, -0.1) is 0 Å².